The smallest absolute Gasteiger partial charge is 0.123 e. The first kappa shape index (κ1) is 14.5. The predicted molar refractivity (Wildman–Crippen MR) is 81.1 cm³/mol. The molecule has 0 spiro atoms. The lowest BCUT2D eigenvalue weighted by atomic mass is 9.98. The zero-order valence-electron chi connectivity index (χ0n) is 10.5. The highest BCUT2D eigenvalue weighted by Crippen LogP contribution is 2.33. The van der Waals surface area contributed by atoms with E-state index in [9.17, 15) is 4.39 Å². The molecule has 1 unspecified atom stereocenters. The molecule has 0 aliphatic rings. The van der Waals surface area contributed by atoms with Crippen molar-refractivity contribution in [1.29, 1.82) is 0 Å². The van der Waals surface area contributed by atoms with Gasteiger partial charge in [0.2, 0.25) is 0 Å². The molecule has 0 amide bonds. The molecule has 0 bridgehead atoms. The molecular formula is C15H14BrClFN. The van der Waals surface area contributed by atoms with Gasteiger partial charge >= 0.3 is 0 Å². The lowest BCUT2D eigenvalue weighted by Crippen LogP contribution is -2.22. The van der Waals surface area contributed by atoms with Gasteiger partial charge in [-0.3, -0.25) is 0 Å². The van der Waals surface area contributed by atoms with Gasteiger partial charge in [0.05, 0.1) is 11.1 Å². The van der Waals surface area contributed by atoms with E-state index in [0.29, 0.717) is 5.02 Å². The van der Waals surface area contributed by atoms with Crippen molar-refractivity contribution in [2.75, 3.05) is 6.54 Å². The number of benzene rings is 2. The van der Waals surface area contributed by atoms with Crippen LogP contribution in [0.1, 0.15) is 24.1 Å². The van der Waals surface area contributed by atoms with Crippen LogP contribution in [0.4, 0.5) is 4.39 Å². The van der Waals surface area contributed by atoms with Gasteiger partial charge in [-0.25, -0.2) is 4.39 Å². The summed E-state index contributed by atoms with van der Waals surface area (Å²) < 4.78 is 13.9. The number of rotatable bonds is 4. The highest BCUT2D eigenvalue weighted by atomic mass is 79.9. The zero-order valence-corrected chi connectivity index (χ0v) is 12.8. The van der Waals surface area contributed by atoms with E-state index in [1.807, 2.05) is 25.1 Å². The fourth-order valence-corrected chi connectivity index (χ4v) is 2.63. The third-order valence-corrected chi connectivity index (χ3v) is 4.21. The summed E-state index contributed by atoms with van der Waals surface area (Å²) in [4.78, 5) is 0. The molecule has 0 fully saturated rings. The lowest BCUT2D eigenvalue weighted by Gasteiger charge is -2.20. The van der Waals surface area contributed by atoms with Crippen LogP contribution < -0.4 is 5.32 Å². The molecule has 0 radical (unpaired) electrons. The molecule has 0 heterocycles. The number of nitrogens with one attached hydrogen (secondary N) is 1. The summed E-state index contributed by atoms with van der Waals surface area (Å²) in [5.41, 5.74) is 1.97. The van der Waals surface area contributed by atoms with Gasteiger partial charge in [-0.05, 0) is 51.8 Å². The fourth-order valence-electron chi connectivity index (χ4n) is 2.01. The lowest BCUT2D eigenvalue weighted by molar-refractivity contribution is 0.613. The van der Waals surface area contributed by atoms with E-state index in [1.54, 1.807) is 12.1 Å². The Morgan fingerprint density at radius 1 is 1.21 bits per heavy atom. The van der Waals surface area contributed by atoms with Crippen LogP contribution in [0.15, 0.2) is 46.9 Å². The van der Waals surface area contributed by atoms with E-state index in [2.05, 4.69) is 21.2 Å². The maximum absolute atomic E-state index is 13.0. The highest BCUT2D eigenvalue weighted by molar-refractivity contribution is 9.10. The first-order valence-corrected chi connectivity index (χ1v) is 7.23. The summed E-state index contributed by atoms with van der Waals surface area (Å²) in [6.07, 6.45) is 0. The van der Waals surface area contributed by atoms with Crippen LogP contribution >= 0.6 is 27.5 Å². The highest BCUT2D eigenvalue weighted by Gasteiger charge is 2.17. The van der Waals surface area contributed by atoms with Gasteiger partial charge in [0.25, 0.3) is 0 Å². The first-order valence-electron chi connectivity index (χ1n) is 6.06. The van der Waals surface area contributed by atoms with E-state index in [0.717, 1.165) is 22.1 Å². The minimum atomic E-state index is -0.237. The van der Waals surface area contributed by atoms with Crippen LogP contribution in [0.5, 0.6) is 0 Å². The van der Waals surface area contributed by atoms with Crippen molar-refractivity contribution in [2.45, 2.75) is 13.0 Å². The van der Waals surface area contributed by atoms with E-state index in [1.165, 1.54) is 12.1 Å². The molecule has 1 atom stereocenters. The Hall–Kier alpha value is -0.900. The van der Waals surface area contributed by atoms with Crippen molar-refractivity contribution in [2.24, 2.45) is 0 Å². The monoisotopic (exact) mass is 341 g/mol. The zero-order chi connectivity index (χ0) is 13.8. The van der Waals surface area contributed by atoms with Crippen molar-refractivity contribution < 1.29 is 4.39 Å². The van der Waals surface area contributed by atoms with E-state index in [-0.39, 0.29) is 11.9 Å². The van der Waals surface area contributed by atoms with Gasteiger partial charge in [-0.15, -0.1) is 0 Å². The van der Waals surface area contributed by atoms with Gasteiger partial charge in [-0.2, -0.15) is 0 Å². The quantitative estimate of drug-likeness (QED) is 0.830. The Morgan fingerprint density at radius 2 is 1.89 bits per heavy atom. The second-order valence-electron chi connectivity index (χ2n) is 4.19. The van der Waals surface area contributed by atoms with Crippen LogP contribution in [-0.4, -0.2) is 6.54 Å². The molecule has 0 aliphatic carbocycles. The second-order valence-corrected chi connectivity index (χ2v) is 5.42. The Bertz CT molecular complexity index is 557. The Kier molecular flexibility index (Phi) is 4.97. The molecule has 0 aliphatic heterocycles. The molecule has 0 saturated carbocycles. The van der Waals surface area contributed by atoms with Gasteiger partial charge in [-0.1, -0.05) is 42.8 Å². The summed E-state index contributed by atoms with van der Waals surface area (Å²) in [6, 6.07) is 12.3. The normalized spacial score (nSPS) is 12.4. The summed E-state index contributed by atoms with van der Waals surface area (Å²) in [6.45, 7) is 2.83. The first-order chi connectivity index (χ1) is 9.13. The maximum atomic E-state index is 13.0. The largest absolute Gasteiger partial charge is 0.306 e. The number of halogens is 3. The van der Waals surface area contributed by atoms with Gasteiger partial charge in [0.15, 0.2) is 0 Å². The van der Waals surface area contributed by atoms with Gasteiger partial charge in [0.1, 0.15) is 5.82 Å². The SMILES string of the molecule is CCNC(c1ccc(F)cc1)c1cccc(Br)c1Cl. The molecule has 1 nitrogen and oxygen atoms in total. The molecule has 1 N–H and O–H groups in total. The van der Waals surface area contributed by atoms with E-state index in [4.69, 9.17) is 11.6 Å². The Labute approximate surface area is 125 Å². The Balaban J connectivity index is 2.45. The van der Waals surface area contributed by atoms with Crippen LogP contribution in [-0.2, 0) is 0 Å². The van der Waals surface area contributed by atoms with Crippen molar-refractivity contribution in [3.63, 3.8) is 0 Å². The van der Waals surface area contributed by atoms with Crippen molar-refractivity contribution in [3.8, 4) is 0 Å². The molecule has 0 saturated heterocycles. The maximum Gasteiger partial charge on any atom is 0.123 e. The number of hydrogen-bond acceptors (Lipinski definition) is 1. The van der Waals surface area contributed by atoms with Crippen LogP contribution in [0.3, 0.4) is 0 Å². The average Bonchev–Trinajstić information content (AvgIpc) is 2.41. The van der Waals surface area contributed by atoms with E-state index < -0.39 is 0 Å². The van der Waals surface area contributed by atoms with Crippen molar-refractivity contribution in [1.82, 2.24) is 5.32 Å². The van der Waals surface area contributed by atoms with Crippen molar-refractivity contribution >= 4 is 27.5 Å². The van der Waals surface area contributed by atoms with Crippen LogP contribution in [0, 0.1) is 5.82 Å². The summed E-state index contributed by atoms with van der Waals surface area (Å²) in [5.74, 6) is -0.237. The molecule has 100 valence electrons. The summed E-state index contributed by atoms with van der Waals surface area (Å²) in [5, 5.41) is 4.05. The van der Waals surface area contributed by atoms with E-state index >= 15 is 0 Å². The Morgan fingerprint density at radius 3 is 2.53 bits per heavy atom. The second kappa shape index (κ2) is 6.51. The third-order valence-electron chi connectivity index (χ3n) is 2.90. The third kappa shape index (κ3) is 3.35. The minimum absolute atomic E-state index is 0.0457. The molecule has 2 aromatic carbocycles. The fraction of sp³-hybridized carbons (Fsp3) is 0.200. The summed E-state index contributed by atoms with van der Waals surface area (Å²) in [7, 11) is 0. The topological polar surface area (TPSA) is 12.0 Å². The molecule has 4 heteroatoms. The van der Waals surface area contributed by atoms with Gasteiger partial charge in [0, 0.05) is 4.47 Å². The number of hydrogen-bond donors (Lipinski definition) is 1. The van der Waals surface area contributed by atoms with Crippen LogP contribution in [0.25, 0.3) is 0 Å². The molecule has 19 heavy (non-hydrogen) atoms. The summed E-state index contributed by atoms with van der Waals surface area (Å²) >= 11 is 9.77. The molecule has 0 aromatic heterocycles. The van der Waals surface area contributed by atoms with Crippen molar-refractivity contribution in [3.05, 3.63) is 68.9 Å². The molecule has 2 aromatic rings. The van der Waals surface area contributed by atoms with Gasteiger partial charge < -0.3 is 5.32 Å². The molecule has 2 rings (SSSR count). The van der Waals surface area contributed by atoms with Crippen LogP contribution in [0.2, 0.25) is 5.02 Å². The standard InChI is InChI=1S/C15H14BrClFN/c1-2-19-15(10-6-8-11(18)9-7-10)12-4-3-5-13(16)14(12)17/h3-9,15,19H,2H2,1H3. The predicted octanol–water partition coefficient (Wildman–Crippen LogP) is 4.94. The average molecular weight is 343 g/mol. The molecular weight excluding hydrogens is 329 g/mol. The minimum Gasteiger partial charge on any atom is -0.306 e.